The summed E-state index contributed by atoms with van der Waals surface area (Å²) in [4.78, 5) is 11.6. The van der Waals surface area contributed by atoms with E-state index in [1.807, 2.05) is 25.1 Å². The zero-order valence-electron chi connectivity index (χ0n) is 12.1. The summed E-state index contributed by atoms with van der Waals surface area (Å²) < 4.78 is 10.9. The minimum Gasteiger partial charge on any atom is -0.497 e. The van der Waals surface area contributed by atoms with E-state index in [2.05, 4.69) is 5.32 Å². The molecule has 5 heteroatoms. The van der Waals surface area contributed by atoms with E-state index in [4.69, 9.17) is 21.1 Å². The lowest BCUT2D eigenvalue weighted by Crippen LogP contribution is -2.22. The Kier molecular flexibility index (Phi) is 7.88. The van der Waals surface area contributed by atoms with Crippen molar-refractivity contribution in [3.8, 4) is 11.5 Å². The highest BCUT2D eigenvalue weighted by atomic mass is 35.5. The van der Waals surface area contributed by atoms with Crippen LogP contribution in [0.25, 0.3) is 0 Å². The Bertz CT molecular complexity index is 424. The number of methoxy groups -OCH3 is 1. The van der Waals surface area contributed by atoms with Gasteiger partial charge in [-0.15, -0.1) is 11.6 Å². The smallest absolute Gasteiger partial charge is 0.220 e. The molecule has 1 aromatic carbocycles. The number of halogens is 1. The number of ether oxygens (including phenoxy) is 2. The number of hydrogen-bond acceptors (Lipinski definition) is 3. The third kappa shape index (κ3) is 5.70. The maximum Gasteiger partial charge on any atom is 0.220 e. The number of amides is 1. The highest BCUT2D eigenvalue weighted by Crippen LogP contribution is 2.25. The fourth-order valence-electron chi connectivity index (χ4n) is 1.66. The van der Waals surface area contributed by atoms with E-state index in [1.165, 1.54) is 0 Å². The molecule has 1 amide bonds. The van der Waals surface area contributed by atoms with Gasteiger partial charge in [0.15, 0.2) is 0 Å². The molecule has 0 aliphatic carbocycles. The maximum atomic E-state index is 11.6. The number of nitrogens with one attached hydrogen (secondary N) is 1. The second kappa shape index (κ2) is 9.48. The number of carbonyl (C=O) groups is 1. The lowest BCUT2D eigenvalue weighted by molar-refractivity contribution is -0.121. The van der Waals surface area contributed by atoms with Gasteiger partial charge in [-0.2, -0.15) is 0 Å². The Morgan fingerprint density at radius 1 is 1.40 bits per heavy atom. The van der Waals surface area contributed by atoms with Crippen LogP contribution in [0.5, 0.6) is 11.5 Å². The van der Waals surface area contributed by atoms with Crippen LogP contribution >= 0.6 is 11.6 Å². The SMILES string of the molecule is CCCOc1cc(OC)ccc1CNC(=O)CCCCl. The standard InChI is InChI=1S/C15H22ClNO3/c1-3-9-20-14-10-13(19-2)7-6-12(14)11-17-15(18)5-4-8-16/h6-7,10H,3-5,8-9,11H2,1-2H3,(H,17,18). The fraction of sp³-hybridized carbons (Fsp3) is 0.533. The second-order valence-corrected chi connectivity index (χ2v) is 4.77. The average molecular weight is 300 g/mol. The molecule has 0 fully saturated rings. The monoisotopic (exact) mass is 299 g/mol. The van der Waals surface area contributed by atoms with Gasteiger partial charge in [0.1, 0.15) is 11.5 Å². The predicted molar refractivity (Wildman–Crippen MR) is 80.6 cm³/mol. The van der Waals surface area contributed by atoms with E-state index < -0.39 is 0 Å². The first kappa shape index (κ1) is 16.6. The zero-order chi connectivity index (χ0) is 14.8. The van der Waals surface area contributed by atoms with Crippen molar-refractivity contribution in [1.29, 1.82) is 0 Å². The Morgan fingerprint density at radius 3 is 2.85 bits per heavy atom. The van der Waals surface area contributed by atoms with Crippen LogP contribution in [0.4, 0.5) is 0 Å². The second-order valence-electron chi connectivity index (χ2n) is 4.39. The maximum absolute atomic E-state index is 11.6. The normalized spacial score (nSPS) is 10.2. The van der Waals surface area contributed by atoms with E-state index in [9.17, 15) is 4.79 Å². The van der Waals surface area contributed by atoms with E-state index in [0.717, 1.165) is 23.5 Å². The molecule has 0 aliphatic rings. The van der Waals surface area contributed by atoms with E-state index in [0.29, 0.717) is 31.9 Å². The van der Waals surface area contributed by atoms with Crippen molar-refractivity contribution < 1.29 is 14.3 Å². The summed E-state index contributed by atoms with van der Waals surface area (Å²) in [6, 6.07) is 5.61. The van der Waals surface area contributed by atoms with Crippen molar-refractivity contribution in [1.82, 2.24) is 5.32 Å². The van der Waals surface area contributed by atoms with Crippen molar-refractivity contribution in [2.45, 2.75) is 32.7 Å². The first-order valence-electron chi connectivity index (χ1n) is 6.83. The van der Waals surface area contributed by atoms with Crippen LogP contribution in [0.1, 0.15) is 31.7 Å². The number of carbonyl (C=O) groups excluding carboxylic acids is 1. The quantitative estimate of drug-likeness (QED) is 0.713. The van der Waals surface area contributed by atoms with Crippen molar-refractivity contribution in [2.75, 3.05) is 19.6 Å². The van der Waals surface area contributed by atoms with Gasteiger partial charge >= 0.3 is 0 Å². The predicted octanol–water partition coefficient (Wildman–Crippen LogP) is 3.12. The number of benzene rings is 1. The molecule has 0 aromatic heterocycles. The molecule has 112 valence electrons. The average Bonchev–Trinajstić information content (AvgIpc) is 2.49. The van der Waals surface area contributed by atoms with Gasteiger partial charge in [0.2, 0.25) is 5.91 Å². The molecule has 0 spiro atoms. The number of rotatable bonds is 9. The molecule has 1 N–H and O–H groups in total. The summed E-state index contributed by atoms with van der Waals surface area (Å²) >= 11 is 5.56. The van der Waals surface area contributed by atoms with Gasteiger partial charge in [-0.3, -0.25) is 4.79 Å². The fourth-order valence-corrected chi connectivity index (χ4v) is 1.80. The summed E-state index contributed by atoms with van der Waals surface area (Å²) in [5, 5.41) is 2.87. The third-order valence-electron chi connectivity index (χ3n) is 2.75. The Hall–Kier alpha value is -1.42. The van der Waals surface area contributed by atoms with Gasteiger partial charge in [-0.05, 0) is 25.0 Å². The summed E-state index contributed by atoms with van der Waals surface area (Å²) in [6.07, 6.45) is 2.07. The molecule has 0 aliphatic heterocycles. The molecule has 1 rings (SSSR count). The van der Waals surface area contributed by atoms with Gasteiger partial charge in [-0.25, -0.2) is 0 Å². The Morgan fingerprint density at radius 2 is 2.20 bits per heavy atom. The Labute approximate surface area is 125 Å². The largest absolute Gasteiger partial charge is 0.497 e. The van der Waals surface area contributed by atoms with Crippen LogP contribution in [-0.2, 0) is 11.3 Å². The number of hydrogen-bond donors (Lipinski definition) is 1. The molecule has 0 saturated heterocycles. The van der Waals surface area contributed by atoms with Crippen LogP contribution in [0.3, 0.4) is 0 Å². The van der Waals surface area contributed by atoms with Gasteiger partial charge in [0, 0.05) is 30.5 Å². The first-order chi connectivity index (χ1) is 9.71. The van der Waals surface area contributed by atoms with Crippen LogP contribution < -0.4 is 14.8 Å². The molecular weight excluding hydrogens is 278 g/mol. The summed E-state index contributed by atoms with van der Waals surface area (Å²) in [5.41, 5.74) is 0.943. The topological polar surface area (TPSA) is 47.6 Å². The van der Waals surface area contributed by atoms with Crippen molar-refractivity contribution >= 4 is 17.5 Å². The molecule has 0 saturated carbocycles. The van der Waals surface area contributed by atoms with Crippen LogP contribution in [-0.4, -0.2) is 25.5 Å². The molecule has 1 aromatic rings. The van der Waals surface area contributed by atoms with Gasteiger partial charge in [0.05, 0.1) is 13.7 Å². The van der Waals surface area contributed by atoms with E-state index in [-0.39, 0.29) is 5.91 Å². The van der Waals surface area contributed by atoms with Crippen LogP contribution in [0.15, 0.2) is 18.2 Å². The van der Waals surface area contributed by atoms with Crippen molar-refractivity contribution in [2.24, 2.45) is 0 Å². The minimum absolute atomic E-state index is 0.00269. The van der Waals surface area contributed by atoms with Crippen LogP contribution in [0.2, 0.25) is 0 Å². The molecule has 0 heterocycles. The lowest BCUT2D eigenvalue weighted by atomic mass is 10.2. The first-order valence-corrected chi connectivity index (χ1v) is 7.37. The van der Waals surface area contributed by atoms with E-state index >= 15 is 0 Å². The minimum atomic E-state index is 0.00269. The highest BCUT2D eigenvalue weighted by molar-refractivity contribution is 6.17. The molecule has 20 heavy (non-hydrogen) atoms. The van der Waals surface area contributed by atoms with Gasteiger partial charge in [0.25, 0.3) is 0 Å². The zero-order valence-corrected chi connectivity index (χ0v) is 12.8. The van der Waals surface area contributed by atoms with Crippen molar-refractivity contribution in [3.05, 3.63) is 23.8 Å². The Balaban J connectivity index is 2.64. The number of alkyl halides is 1. The van der Waals surface area contributed by atoms with Gasteiger partial charge < -0.3 is 14.8 Å². The van der Waals surface area contributed by atoms with E-state index in [1.54, 1.807) is 7.11 Å². The summed E-state index contributed by atoms with van der Waals surface area (Å²) in [5.74, 6) is 2.00. The summed E-state index contributed by atoms with van der Waals surface area (Å²) in [7, 11) is 1.62. The molecule has 4 nitrogen and oxygen atoms in total. The van der Waals surface area contributed by atoms with Crippen LogP contribution in [0, 0.1) is 0 Å². The lowest BCUT2D eigenvalue weighted by Gasteiger charge is -2.13. The summed E-state index contributed by atoms with van der Waals surface area (Å²) in [6.45, 7) is 3.14. The molecule has 0 atom stereocenters. The molecule has 0 radical (unpaired) electrons. The van der Waals surface area contributed by atoms with Gasteiger partial charge in [-0.1, -0.05) is 6.92 Å². The molecular formula is C15H22ClNO3. The molecule has 0 bridgehead atoms. The highest BCUT2D eigenvalue weighted by Gasteiger charge is 2.08. The third-order valence-corrected chi connectivity index (χ3v) is 3.02. The molecule has 0 unspecified atom stereocenters. The van der Waals surface area contributed by atoms with Crippen molar-refractivity contribution in [3.63, 3.8) is 0 Å².